The second-order valence-electron chi connectivity index (χ2n) is 6.06. The van der Waals surface area contributed by atoms with E-state index in [0.29, 0.717) is 11.5 Å². The van der Waals surface area contributed by atoms with Gasteiger partial charge in [-0.15, -0.1) is 0 Å². The van der Waals surface area contributed by atoms with Crippen LogP contribution in [0.3, 0.4) is 0 Å². The van der Waals surface area contributed by atoms with Gasteiger partial charge >= 0.3 is 0 Å². The summed E-state index contributed by atoms with van der Waals surface area (Å²) in [6, 6.07) is 8.91. The van der Waals surface area contributed by atoms with Crippen molar-refractivity contribution in [3.8, 4) is 0 Å². The molecule has 2 heteroatoms. The second-order valence-corrected chi connectivity index (χ2v) is 6.49. The molecule has 1 N–H and O–H groups in total. The molecule has 17 heavy (non-hydrogen) atoms. The average molecular weight is 250 g/mol. The van der Waals surface area contributed by atoms with Gasteiger partial charge in [-0.25, -0.2) is 0 Å². The molecular formula is C15H20ClN. The van der Waals surface area contributed by atoms with Crippen molar-refractivity contribution in [1.82, 2.24) is 5.32 Å². The SMILES string of the molecule is CC1(CNC(c2ccc(Cl)cc2)C2CC2)CC1. The van der Waals surface area contributed by atoms with Gasteiger partial charge in [0, 0.05) is 17.6 Å². The third-order valence-corrected chi connectivity index (χ3v) is 4.43. The van der Waals surface area contributed by atoms with Crippen LogP contribution in [-0.2, 0) is 0 Å². The van der Waals surface area contributed by atoms with Crippen LogP contribution in [-0.4, -0.2) is 6.54 Å². The van der Waals surface area contributed by atoms with Gasteiger partial charge in [-0.1, -0.05) is 30.7 Å². The molecule has 0 aromatic heterocycles. The van der Waals surface area contributed by atoms with Gasteiger partial charge in [-0.2, -0.15) is 0 Å². The summed E-state index contributed by atoms with van der Waals surface area (Å²) in [5.41, 5.74) is 1.99. The van der Waals surface area contributed by atoms with Crippen LogP contribution in [0.15, 0.2) is 24.3 Å². The van der Waals surface area contributed by atoms with Crippen molar-refractivity contribution >= 4 is 11.6 Å². The van der Waals surface area contributed by atoms with E-state index < -0.39 is 0 Å². The Morgan fingerprint density at radius 3 is 2.47 bits per heavy atom. The van der Waals surface area contributed by atoms with Crippen LogP contribution in [0.4, 0.5) is 0 Å². The summed E-state index contributed by atoms with van der Waals surface area (Å²) in [6.45, 7) is 3.54. The molecule has 0 saturated heterocycles. The highest BCUT2D eigenvalue weighted by molar-refractivity contribution is 6.30. The van der Waals surface area contributed by atoms with Gasteiger partial charge in [0.15, 0.2) is 0 Å². The molecule has 0 bridgehead atoms. The molecule has 0 aliphatic heterocycles. The smallest absolute Gasteiger partial charge is 0.0406 e. The molecule has 0 amide bonds. The first-order valence-electron chi connectivity index (χ1n) is 6.65. The molecule has 0 heterocycles. The third kappa shape index (κ3) is 2.83. The highest BCUT2D eigenvalue weighted by atomic mass is 35.5. The van der Waals surface area contributed by atoms with Gasteiger partial charge in [-0.3, -0.25) is 0 Å². The van der Waals surface area contributed by atoms with E-state index in [4.69, 9.17) is 11.6 Å². The minimum Gasteiger partial charge on any atom is -0.309 e. The van der Waals surface area contributed by atoms with Gasteiger partial charge in [0.2, 0.25) is 0 Å². The maximum Gasteiger partial charge on any atom is 0.0406 e. The average Bonchev–Trinajstić information content (AvgIpc) is 3.20. The van der Waals surface area contributed by atoms with Gasteiger partial charge in [0.25, 0.3) is 0 Å². The Morgan fingerprint density at radius 1 is 1.29 bits per heavy atom. The lowest BCUT2D eigenvalue weighted by atomic mass is 10.0. The van der Waals surface area contributed by atoms with E-state index >= 15 is 0 Å². The first-order valence-corrected chi connectivity index (χ1v) is 7.03. The molecule has 1 unspecified atom stereocenters. The van der Waals surface area contributed by atoms with Crippen molar-refractivity contribution in [2.24, 2.45) is 11.3 Å². The zero-order chi connectivity index (χ0) is 11.9. The van der Waals surface area contributed by atoms with Gasteiger partial charge in [0.1, 0.15) is 0 Å². The Bertz CT molecular complexity index is 390. The van der Waals surface area contributed by atoms with E-state index in [0.717, 1.165) is 17.5 Å². The highest BCUT2D eigenvalue weighted by Gasteiger charge is 2.39. The molecular weight excluding hydrogens is 230 g/mol. The Labute approximate surface area is 109 Å². The summed E-state index contributed by atoms with van der Waals surface area (Å²) in [5.74, 6) is 0.846. The number of hydrogen-bond acceptors (Lipinski definition) is 1. The van der Waals surface area contributed by atoms with Crippen molar-refractivity contribution < 1.29 is 0 Å². The predicted molar refractivity (Wildman–Crippen MR) is 72.3 cm³/mol. The first-order chi connectivity index (χ1) is 8.16. The van der Waals surface area contributed by atoms with Crippen molar-refractivity contribution in [2.45, 2.75) is 38.6 Å². The Morgan fingerprint density at radius 2 is 1.94 bits per heavy atom. The molecule has 1 atom stereocenters. The molecule has 92 valence electrons. The maximum absolute atomic E-state index is 5.95. The minimum absolute atomic E-state index is 0.546. The molecule has 2 saturated carbocycles. The lowest BCUT2D eigenvalue weighted by molar-refractivity contribution is 0.413. The van der Waals surface area contributed by atoms with E-state index in [1.165, 1.54) is 31.2 Å². The number of hydrogen-bond donors (Lipinski definition) is 1. The van der Waals surface area contributed by atoms with E-state index in [1.807, 2.05) is 12.1 Å². The maximum atomic E-state index is 5.95. The van der Waals surface area contributed by atoms with Gasteiger partial charge in [0.05, 0.1) is 0 Å². The van der Waals surface area contributed by atoms with Crippen molar-refractivity contribution in [1.29, 1.82) is 0 Å². The quantitative estimate of drug-likeness (QED) is 0.826. The van der Waals surface area contributed by atoms with Crippen LogP contribution in [0, 0.1) is 11.3 Å². The van der Waals surface area contributed by atoms with Crippen LogP contribution >= 0.6 is 11.6 Å². The number of benzene rings is 1. The Hall–Kier alpha value is -0.530. The third-order valence-electron chi connectivity index (χ3n) is 4.17. The summed E-state index contributed by atoms with van der Waals surface area (Å²) in [7, 11) is 0. The molecule has 1 nitrogen and oxygen atoms in total. The highest BCUT2D eigenvalue weighted by Crippen LogP contribution is 2.46. The normalized spacial score (nSPS) is 23.4. The zero-order valence-electron chi connectivity index (χ0n) is 10.4. The summed E-state index contributed by atoms with van der Waals surface area (Å²) in [5, 5.41) is 4.61. The lowest BCUT2D eigenvalue weighted by Gasteiger charge is -2.21. The predicted octanol–water partition coefficient (Wildman–Crippen LogP) is 4.18. The van der Waals surface area contributed by atoms with Gasteiger partial charge < -0.3 is 5.32 Å². The second kappa shape index (κ2) is 4.29. The van der Waals surface area contributed by atoms with Crippen LogP contribution in [0.1, 0.15) is 44.2 Å². The Kier molecular flexibility index (Phi) is 2.92. The summed E-state index contributed by atoms with van der Waals surface area (Å²) >= 11 is 5.95. The van der Waals surface area contributed by atoms with E-state index in [2.05, 4.69) is 24.4 Å². The number of rotatable bonds is 5. The monoisotopic (exact) mass is 249 g/mol. The zero-order valence-corrected chi connectivity index (χ0v) is 11.1. The minimum atomic E-state index is 0.546. The van der Waals surface area contributed by atoms with Gasteiger partial charge in [-0.05, 0) is 54.7 Å². The van der Waals surface area contributed by atoms with Crippen molar-refractivity contribution in [2.75, 3.05) is 6.54 Å². The fraction of sp³-hybridized carbons (Fsp3) is 0.600. The molecule has 0 spiro atoms. The molecule has 2 aliphatic rings. The van der Waals surface area contributed by atoms with Crippen LogP contribution in [0.2, 0.25) is 5.02 Å². The molecule has 2 fully saturated rings. The van der Waals surface area contributed by atoms with E-state index in [1.54, 1.807) is 0 Å². The first kappa shape index (κ1) is 11.6. The molecule has 0 radical (unpaired) electrons. The van der Waals surface area contributed by atoms with E-state index in [9.17, 15) is 0 Å². The summed E-state index contributed by atoms with van der Waals surface area (Å²) in [6.07, 6.45) is 5.52. The lowest BCUT2D eigenvalue weighted by Crippen LogP contribution is -2.28. The summed E-state index contributed by atoms with van der Waals surface area (Å²) < 4.78 is 0. The molecule has 1 aromatic rings. The summed E-state index contributed by atoms with van der Waals surface area (Å²) in [4.78, 5) is 0. The standard InChI is InChI=1S/C15H20ClN/c1-15(8-9-15)10-17-14(11-2-3-11)12-4-6-13(16)7-5-12/h4-7,11,14,17H,2-3,8-10H2,1H3. The van der Waals surface area contributed by atoms with Crippen molar-refractivity contribution in [3.63, 3.8) is 0 Å². The fourth-order valence-corrected chi connectivity index (χ4v) is 2.53. The Balaban J connectivity index is 1.68. The number of halogens is 1. The van der Waals surface area contributed by atoms with Crippen LogP contribution in [0.5, 0.6) is 0 Å². The molecule has 3 rings (SSSR count). The fourth-order valence-electron chi connectivity index (χ4n) is 2.40. The molecule has 2 aliphatic carbocycles. The van der Waals surface area contributed by atoms with Crippen LogP contribution < -0.4 is 5.32 Å². The van der Waals surface area contributed by atoms with E-state index in [-0.39, 0.29) is 0 Å². The largest absolute Gasteiger partial charge is 0.309 e. The topological polar surface area (TPSA) is 12.0 Å². The van der Waals surface area contributed by atoms with Crippen LogP contribution in [0.25, 0.3) is 0 Å². The molecule has 1 aromatic carbocycles. The van der Waals surface area contributed by atoms with Crippen molar-refractivity contribution in [3.05, 3.63) is 34.9 Å². The number of nitrogens with one attached hydrogen (secondary N) is 1.